The van der Waals surface area contributed by atoms with Crippen molar-refractivity contribution in [1.82, 2.24) is 14.5 Å². The number of hydrogen-bond acceptors (Lipinski definition) is 2. The zero-order chi connectivity index (χ0) is 12.0. The molecule has 0 aliphatic rings. The second-order valence-electron chi connectivity index (χ2n) is 3.92. The van der Waals surface area contributed by atoms with Gasteiger partial charge in [-0.1, -0.05) is 29.8 Å². The molecule has 3 rings (SSSR count). The van der Waals surface area contributed by atoms with Crippen molar-refractivity contribution in [2.75, 3.05) is 5.73 Å². The van der Waals surface area contributed by atoms with Gasteiger partial charge in [0, 0.05) is 29.7 Å². The molecule has 0 unspecified atom stereocenters. The Labute approximate surface area is 103 Å². The molecule has 0 bridgehead atoms. The maximum atomic E-state index is 6.12. The number of H-pyrrole nitrogens is 1. The maximum Gasteiger partial charge on any atom is 0.201 e. The number of rotatable bonds is 1. The number of imidazole rings is 1. The van der Waals surface area contributed by atoms with Crippen molar-refractivity contribution >= 4 is 28.5 Å². The van der Waals surface area contributed by atoms with Crippen molar-refractivity contribution in [3.8, 4) is 11.3 Å². The molecular formula is C12H11ClN4. The summed E-state index contributed by atoms with van der Waals surface area (Å²) in [5, 5.41) is 1.53. The number of nitrogens with two attached hydrogens (primary N) is 1. The van der Waals surface area contributed by atoms with E-state index in [1.165, 1.54) is 0 Å². The Morgan fingerprint density at radius 3 is 2.82 bits per heavy atom. The minimum Gasteiger partial charge on any atom is -0.369 e. The lowest BCUT2D eigenvalue weighted by atomic mass is 10.1. The van der Waals surface area contributed by atoms with Crippen LogP contribution in [0.1, 0.15) is 0 Å². The van der Waals surface area contributed by atoms with E-state index in [0.29, 0.717) is 11.1 Å². The Bertz CT molecular complexity index is 696. The molecule has 3 aromatic rings. The average Bonchev–Trinajstić information content (AvgIpc) is 2.82. The number of aromatic nitrogens is 3. The van der Waals surface area contributed by atoms with E-state index in [0.717, 1.165) is 22.2 Å². The Balaban J connectivity index is 2.35. The molecule has 5 heteroatoms. The van der Waals surface area contributed by atoms with Crippen molar-refractivity contribution in [2.45, 2.75) is 0 Å². The highest BCUT2D eigenvalue weighted by molar-refractivity contribution is 6.32. The number of aromatic amines is 1. The van der Waals surface area contributed by atoms with E-state index >= 15 is 0 Å². The molecule has 0 atom stereocenters. The highest BCUT2D eigenvalue weighted by Gasteiger charge is 2.16. The summed E-state index contributed by atoms with van der Waals surface area (Å²) in [6.07, 6.45) is 1.92. The lowest BCUT2D eigenvalue weighted by Crippen LogP contribution is -1.98. The molecule has 0 spiro atoms. The fourth-order valence-electron chi connectivity index (χ4n) is 2.04. The number of para-hydroxylation sites is 1. The molecule has 0 aliphatic carbocycles. The monoisotopic (exact) mass is 246 g/mol. The summed E-state index contributed by atoms with van der Waals surface area (Å²) >= 11 is 6.12. The van der Waals surface area contributed by atoms with Gasteiger partial charge in [0.2, 0.25) is 5.95 Å². The van der Waals surface area contributed by atoms with Gasteiger partial charge in [0.05, 0.1) is 5.69 Å². The van der Waals surface area contributed by atoms with Crippen molar-refractivity contribution in [3.05, 3.63) is 35.6 Å². The molecule has 0 aliphatic heterocycles. The second kappa shape index (κ2) is 3.53. The molecular weight excluding hydrogens is 236 g/mol. The van der Waals surface area contributed by atoms with Crippen LogP contribution in [-0.2, 0) is 7.05 Å². The maximum absolute atomic E-state index is 6.12. The summed E-state index contributed by atoms with van der Waals surface area (Å²) in [6, 6.07) is 8.04. The van der Waals surface area contributed by atoms with Crippen LogP contribution in [0, 0.1) is 0 Å². The van der Waals surface area contributed by atoms with Crippen LogP contribution in [0.4, 0.5) is 5.95 Å². The van der Waals surface area contributed by atoms with Crippen molar-refractivity contribution < 1.29 is 0 Å². The first-order valence-corrected chi connectivity index (χ1v) is 5.60. The average molecular weight is 247 g/mol. The van der Waals surface area contributed by atoms with Gasteiger partial charge in [-0.05, 0) is 6.07 Å². The van der Waals surface area contributed by atoms with Crippen LogP contribution < -0.4 is 5.73 Å². The van der Waals surface area contributed by atoms with Gasteiger partial charge >= 0.3 is 0 Å². The third-order valence-electron chi connectivity index (χ3n) is 2.93. The molecule has 1 aromatic carbocycles. The number of anilines is 1. The first kappa shape index (κ1) is 10.2. The molecule has 2 aromatic heterocycles. The van der Waals surface area contributed by atoms with Crippen LogP contribution in [0.2, 0.25) is 5.15 Å². The molecule has 17 heavy (non-hydrogen) atoms. The molecule has 0 radical (unpaired) electrons. The topological polar surface area (TPSA) is 59.6 Å². The summed E-state index contributed by atoms with van der Waals surface area (Å²) in [5.41, 5.74) is 8.66. The zero-order valence-corrected chi connectivity index (χ0v) is 9.99. The molecule has 0 amide bonds. The highest BCUT2D eigenvalue weighted by Crippen LogP contribution is 2.34. The number of nitrogen functional groups attached to an aromatic ring is 1. The number of fused-ring (bicyclic) bond motifs is 1. The van der Waals surface area contributed by atoms with Crippen LogP contribution in [-0.4, -0.2) is 14.5 Å². The standard InChI is InChI=1S/C12H11ClN4/c1-17-10(11(13)16-12(17)14)8-6-15-9-5-3-2-4-7(8)9/h2-6,15H,1H3,(H2,14,16). The predicted octanol–water partition coefficient (Wildman–Crippen LogP) is 2.80. The van der Waals surface area contributed by atoms with Gasteiger partial charge in [0.1, 0.15) is 0 Å². The van der Waals surface area contributed by atoms with Gasteiger partial charge in [0.15, 0.2) is 5.15 Å². The molecule has 4 nitrogen and oxygen atoms in total. The molecule has 0 saturated heterocycles. The van der Waals surface area contributed by atoms with E-state index in [2.05, 4.69) is 9.97 Å². The van der Waals surface area contributed by atoms with E-state index < -0.39 is 0 Å². The minimum absolute atomic E-state index is 0.412. The van der Waals surface area contributed by atoms with Crippen molar-refractivity contribution in [3.63, 3.8) is 0 Å². The van der Waals surface area contributed by atoms with Crippen LogP contribution in [0.5, 0.6) is 0 Å². The quantitative estimate of drug-likeness (QED) is 0.694. The third kappa shape index (κ3) is 1.41. The Morgan fingerprint density at radius 1 is 1.35 bits per heavy atom. The van der Waals surface area contributed by atoms with Crippen LogP contribution >= 0.6 is 11.6 Å². The van der Waals surface area contributed by atoms with Crippen LogP contribution in [0.3, 0.4) is 0 Å². The van der Waals surface area contributed by atoms with E-state index in [1.807, 2.05) is 37.5 Å². The van der Waals surface area contributed by atoms with Crippen LogP contribution in [0.15, 0.2) is 30.5 Å². The summed E-state index contributed by atoms with van der Waals surface area (Å²) < 4.78 is 1.79. The summed E-state index contributed by atoms with van der Waals surface area (Å²) in [4.78, 5) is 7.28. The molecule has 2 heterocycles. The molecule has 0 saturated carbocycles. The lowest BCUT2D eigenvalue weighted by Gasteiger charge is -2.02. The van der Waals surface area contributed by atoms with Gasteiger partial charge in [-0.2, -0.15) is 0 Å². The normalized spacial score (nSPS) is 11.2. The van der Waals surface area contributed by atoms with Crippen LogP contribution in [0.25, 0.3) is 22.2 Å². The Kier molecular flexibility index (Phi) is 2.12. The number of nitrogens with zero attached hydrogens (tertiary/aromatic N) is 2. The van der Waals surface area contributed by atoms with E-state index in [9.17, 15) is 0 Å². The first-order valence-electron chi connectivity index (χ1n) is 5.22. The third-order valence-corrected chi connectivity index (χ3v) is 3.20. The fourth-order valence-corrected chi connectivity index (χ4v) is 2.36. The lowest BCUT2D eigenvalue weighted by molar-refractivity contribution is 0.939. The number of benzene rings is 1. The number of hydrogen-bond donors (Lipinski definition) is 2. The summed E-state index contributed by atoms with van der Waals surface area (Å²) in [6.45, 7) is 0. The van der Waals surface area contributed by atoms with E-state index in [4.69, 9.17) is 17.3 Å². The zero-order valence-electron chi connectivity index (χ0n) is 9.24. The van der Waals surface area contributed by atoms with Gasteiger partial charge in [-0.3, -0.25) is 0 Å². The smallest absolute Gasteiger partial charge is 0.201 e. The number of halogens is 1. The molecule has 0 fully saturated rings. The molecule has 3 N–H and O–H groups in total. The van der Waals surface area contributed by atoms with E-state index in [-0.39, 0.29) is 0 Å². The summed E-state index contributed by atoms with van der Waals surface area (Å²) in [5.74, 6) is 0.412. The summed E-state index contributed by atoms with van der Waals surface area (Å²) in [7, 11) is 1.85. The SMILES string of the molecule is Cn1c(N)nc(Cl)c1-c1c[nH]c2ccccc12. The largest absolute Gasteiger partial charge is 0.369 e. The predicted molar refractivity (Wildman–Crippen MR) is 69.9 cm³/mol. The van der Waals surface area contributed by atoms with Crippen molar-refractivity contribution in [2.24, 2.45) is 7.05 Å². The highest BCUT2D eigenvalue weighted by atomic mass is 35.5. The van der Waals surface area contributed by atoms with Gasteiger partial charge in [-0.15, -0.1) is 0 Å². The van der Waals surface area contributed by atoms with E-state index in [1.54, 1.807) is 4.57 Å². The fraction of sp³-hybridized carbons (Fsp3) is 0.0833. The Hall–Kier alpha value is -1.94. The number of nitrogens with one attached hydrogen (secondary N) is 1. The van der Waals surface area contributed by atoms with Gasteiger partial charge < -0.3 is 15.3 Å². The van der Waals surface area contributed by atoms with Gasteiger partial charge in [-0.25, -0.2) is 4.98 Å². The minimum atomic E-state index is 0.412. The van der Waals surface area contributed by atoms with Gasteiger partial charge in [0.25, 0.3) is 0 Å². The molecule has 86 valence electrons. The first-order chi connectivity index (χ1) is 8.18. The second-order valence-corrected chi connectivity index (χ2v) is 4.27. The van der Waals surface area contributed by atoms with Crippen molar-refractivity contribution in [1.29, 1.82) is 0 Å². The Morgan fingerprint density at radius 2 is 2.12 bits per heavy atom.